The second-order valence-corrected chi connectivity index (χ2v) is 6.59. The first-order chi connectivity index (χ1) is 9.97. The van der Waals surface area contributed by atoms with Crippen LogP contribution in [0.15, 0.2) is 11.0 Å². The monoisotopic (exact) mass is 343 g/mol. The first kappa shape index (κ1) is 18.4. The van der Waals surface area contributed by atoms with E-state index in [9.17, 15) is 30.8 Å². The van der Waals surface area contributed by atoms with Gasteiger partial charge in [0.05, 0.1) is 0 Å². The zero-order valence-electron chi connectivity index (χ0n) is 11.5. The van der Waals surface area contributed by atoms with Crippen molar-refractivity contribution >= 4 is 16.0 Å². The maximum absolute atomic E-state index is 13.5. The van der Waals surface area contributed by atoms with Gasteiger partial charge in [0.2, 0.25) is 10.0 Å². The fourth-order valence-electron chi connectivity index (χ4n) is 1.70. The zero-order valence-corrected chi connectivity index (χ0v) is 12.3. The molecule has 0 bridgehead atoms. The van der Waals surface area contributed by atoms with Crippen molar-refractivity contribution < 1.29 is 35.9 Å². The van der Waals surface area contributed by atoms with Crippen LogP contribution in [0.3, 0.4) is 0 Å². The molecule has 1 rings (SSSR count). The van der Waals surface area contributed by atoms with Gasteiger partial charge in [0.15, 0.2) is 28.2 Å². The molecule has 5 nitrogen and oxygen atoms in total. The number of carboxylic acid groups (broad SMARTS) is 1. The van der Waals surface area contributed by atoms with Gasteiger partial charge in [0.1, 0.15) is 6.04 Å². The maximum atomic E-state index is 13.5. The standard InChI is InChI=1S/C12H13F4NO4S/c1-5(2)3-8(12(18)19)17-22(20,21)11-9(15)6(13)4-7(14)10(11)16/h4-5,8,17H,3H2,1-2H3,(H,18,19)/t8-/m0/s1. The van der Waals surface area contributed by atoms with Crippen LogP contribution in [0.2, 0.25) is 0 Å². The maximum Gasteiger partial charge on any atom is 0.321 e. The Kier molecular flexibility index (Phi) is 5.52. The van der Waals surface area contributed by atoms with E-state index in [0.717, 1.165) is 0 Å². The summed E-state index contributed by atoms with van der Waals surface area (Å²) in [6.07, 6.45) is -0.185. The van der Waals surface area contributed by atoms with Gasteiger partial charge < -0.3 is 5.11 Å². The van der Waals surface area contributed by atoms with Gasteiger partial charge >= 0.3 is 5.97 Å². The minimum absolute atomic E-state index is 0.146. The summed E-state index contributed by atoms with van der Waals surface area (Å²) in [5, 5.41) is 8.92. The quantitative estimate of drug-likeness (QED) is 0.611. The Morgan fingerprint density at radius 2 is 1.64 bits per heavy atom. The highest BCUT2D eigenvalue weighted by molar-refractivity contribution is 7.89. The van der Waals surface area contributed by atoms with Crippen LogP contribution in [-0.4, -0.2) is 25.5 Å². The molecular formula is C12H13F4NO4S. The SMILES string of the molecule is CC(C)C[C@H](NS(=O)(=O)c1c(F)c(F)cc(F)c1F)C(=O)O. The van der Waals surface area contributed by atoms with E-state index >= 15 is 0 Å². The van der Waals surface area contributed by atoms with Crippen molar-refractivity contribution in [2.75, 3.05) is 0 Å². The molecule has 0 aliphatic rings. The number of carboxylic acids is 1. The van der Waals surface area contributed by atoms with Crippen LogP contribution in [0.25, 0.3) is 0 Å². The second kappa shape index (κ2) is 6.61. The van der Waals surface area contributed by atoms with Gasteiger partial charge in [0, 0.05) is 6.07 Å². The summed E-state index contributed by atoms with van der Waals surface area (Å²) >= 11 is 0. The van der Waals surface area contributed by atoms with E-state index in [-0.39, 0.29) is 18.4 Å². The molecule has 0 amide bonds. The normalized spacial score (nSPS) is 13.4. The molecule has 124 valence electrons. The summed E-state index contributed by atoms with van der Waals surface area (Å²) in [6, 6.07) is -1.85. The lowest BCUT2D eigenvalue weighted by Crippen LogP contribution is -2.42. The molecule has 22 heavy (non-hydrogen) atoms. The Morgan fingerprint density at radius 1 is 1.18 bits per heavy atom. The van der Waals surface area contributed by atoms with Crippen LogP contribution in [0.5, 0.6) is 0 Å². The minimum Gasteiger partial charge on any atom is -0.480 e. The van der Waals surface area contributed by atoms with Crippen LogP contribution < -0.4 is 4.72 Å². The van der Waals surface area contributed by atoms with Crippen molar-refractivity contribution in [1.29, 1.82) is 0 Å². The number of halogens is 4. The number of nitrogens with one attached hydrogen (secondary N) is 1. The van der Waals surface area contributed by atoms with E-state index in [0.29, 0.717) is 0 Å². The number of sulfonamides is 1. The van der Waals surface area contributed by atoms with Crippen molar-refractivity contribution in [1.82, 2.24) is 4.72 Å². The van der Waals surface area contributed by atoms with Crippen molar-refractivity contribution in [3.05, 3.63) is 29.3 Å². The average Bonchev–Trinajstić information content (AvgIpc) is 2.34. The van der Waals surface area contributed by atoms with E-state index in [2.05, 4.69) is 0 Å². The lowest BCUT2D eigenvalue weighted by atomic mass is 10.1. The van der Waals surface area contributed by atoms with Crippen LogP contribution in [0.1, 0.15) is 20.3 Å². The fourth-order valence-corrected chi connectivity index (χ4v) is 3.06. The summed E-state index contributed by atoms with van der Waals surface area (Å²) in [6.45, 7) is 3.18. The van der Waals surface area contributed by atoms with Crippen molar-refractivity contribution in [3.8, 4) is 0 Å². The van der Waals surface area contributed by atoms with E-state index < -0.39 is 50.2 Å². The first-order valence-electron chi connectivity index (χ1n) is 6.05. The molecule has 0 spiro atoms. The van der Waals surface area contributed by atoms with Crippen molar-refractivity contribution in [3.63, 3.8) is 0 Å². The predicted octanol–water partition coefficient (Wildman–Crippen LogP) is 2.02. The van der Waals surface area contributed by atoms with Crippen LogP contribution >= 0.6 is 0 Å². The van der Waals surface area contributed by atoms with Gasteiger partial charge in [-0.3, -0.25) is 4.79 Å². The summed E-state index contributed by atoms with van der Waals surface area (Å²) in [4.78, 5) is 9.10. The molecule has 0 aromatic heterocycles. The van der Waals surface area contributed by atoms with Crippen LogP contribution in [0, 0.1) is 29.2 Å². The second-order valence-electron chi connectivity index (χ2n) is 4.94. The third kappa shape index (κ3) is 3.95. The first-order valence-corrected chi connectivity index (χ1v) is 7.53. The largest absolute Gasteiger partial charge is 0.480 e. The molecule has 1 aromatic rings. The molecule has 0 aliphatic carbocycles. The molecule has 0 saturated heterocycles. The Labute approximate surface area is 124 Å². The fraction of sp³-hybridized carbons (Fsp3) is 0.417. The Morgan fingerprint density at radius 3 is 2.00 bits per heavy atom. The van der Waals surface area contributed by atoms with Gasteiger partial charge in [-0.1, -0.05) is 13.8 Å². The highest BCUT2D eigenvalue weighted by Crippen LogP contribution is 2.24. The summed E-state index contributed by atoms with van der Waals surface area (Å²) in [5.74, 6) is -9.91. The molecule has 0 fully saturated rings. The Balaban J connectivity index is 3.33. The molecule has 10 heteroatoms. The Hall–Kier alpha value is -1.68. The van der Waals surface area contributed by atoms with Gasteiger partial charge in [-0.25, -0.2) is 26.0 Å². The molecule has 0 saturated carbocycles. The molecule has 0 radical (unpaired) electrons. The minimum atomic E-state index is -5.12. The van der Waals surface area contributed by atoms with E-state index in [4.69, 9.17) is 5.11 Å². The third-order valence-corrected chi connectivity index (χ3v) is 4.13. The molecule has 1 atom stereocenters. The molecule has 2 N–H and O–H groups in total. The van der Waals surface area contributed by atoms with E-state index in [1.54, 1.807) is 13.8 Å². The van der Waals surface area contributed by atoms with Gasteiger partial charge in [-0.2, -0.15) is 4.72 Å². The highest BCUT2D eigenvalue weighted by atomic mass is 32.2. The molecule has 0 heterocycles. The van der Waals surface area contributed by atoms with E-state index in [1.807, 2.05) is 0 Å². The summed E-state index contributed by atoms with van der Waals surface area (Å²) < 4.78 is 78.4. The smallest absolute Gasteiger partial charge is 0.321 e. The third-order valence-electron chi connectivity index (χ3n) is 2.64. The number of rotatable bonds is 6. The highest BCUT2D eigenvalue weighted by Gasteiger charge is 2.33. The number of benzene rings is 1. The molecule has 0 unspecified atom stereocenters. The van der Waals surface area contributed by atoms with Crippen LogP contribution in [0.4, 0.5) is 17.6 Å². The average molecular weight is 343 g/mol. The molecule has 0 aliphatic heterocycles. The molecule has 1 aromatic carbocycles. The number of carbonyl (C=O) groups is 1. The van der Waals surface area contributed by atoms with Gasteiger partial charge in [-0.15, -0.1) is 0 Å². The van der Waals surface area contributed by atoms with Gasteiger partial charge in [-0.05, 0) is 12.3 Å². The number of aliphatic carboxylic acids is 1. The van der Waals surface area contributed by atoms with Crippen molar-refractivity contribution in [2.45, 2.75) is 31.2 Å². The summed E-state index contributed by atoms with van der Waals surface area (Å²) in [7, 11) is -5.12. The van der Waals surface area contributed by atoms with Crippen molar-refractivity contribution in [2.24, 2.45) is 5.92 Å². The predicted molar refractivity (Wildman–Crippen MR) is 67.5 cm³/mol. The Bertz CT molecular complexity index is 665. The van der Waals surface area contributed by atoms with Crippen LogP contribution in [-0.2, 0) is 14.8 Å². The zero-order chi connectivity index (χ0) is 17.2. The van der Waals surface area contributed by atoms with Gasteiger partial charge in [0.25, 0.3) is 0 Å². The summed E-state index contributed by atoms with van der Waals surface area (Å²) in [5.41, 5.74) is 0. The number of hydrogen-bond acceptors (Lipinski definition) is 3. The topological polar surface area (TPSA) is 83.5 Å². The van der Waals surface area contributed by atoms with E-state index in [1.165, 1.54) is 4.72 Å². The molecular weight excluding hydrogens is 330 g/mol. The lowest BCUT2D eigenvalue weighted by Gasteiger charge is -2.17. The number of hydrogen-bond donors (Lipinski definition) is 2. The lowest BCUT2D eigenvalue weighted by molar-refractivity contribution is -0.139.